The molecule has 5 heteroatoms. The summed E-state index contributed by atoms with van der Waals surface area (Å²) in [5, 5.41) is 9.15. The van der Waals surface area contributed by atoms with Crippen LogP contribution >= 0.6 is 0 Å². The molecule has 0 spiro atoms. The molecule has 1 saturated heterocycles. The van der Waals surface area contributed by atoms with Crippen LogP contribution in [0.4, 0.5) is 0 Å². The third kappa shape index (κ3) is 4.43. The van der Waals surface area contributed by atoms with Crippen molar-refractivity contribution in [2.45, 2.75) is 25.8 Å². The van der Waals surface area contributed by atoms with Crippen LogP contribution in [0.1, 0.15) is 18.9 Å². The summed E-state index contributed by atoms with van der Waals surface area (Å²) in [6.45, 7) is 2.65. The summed E-state index contributed by atoms with van der Waals surface area (Å²) >= 11 is 0. The third-order valence-electron chi connectivity index (χ3n) is 3.72. The molecule has 5 nitrogen and oxygen atoms in total. The Bertz CT molecular complexity index is 553. The van der Waals surface area contributed by atoms with E-state index in [4.69, 9.17) is 9.84 Å². The van der Waals surface area contributed by atoms with E-state index < -0.39 is 12.0 Å². The lowest BCUT2D eigenvalue weighted by molar-refractivity contribution is -0.156. The highest BCUT2D eigenvalue weighted by molar-refractivity contribution is 5.91. The molecule has 1 aliphatic rings. The number of benzene rings is 1. The number of carboxylic acids is 1. The molecule has 1 aromatic rings. The molecule has 1 unspecified atom stereocenters. The highest BCUT2D eigenvalue weighted by atomic mass is 16.5. The molecule has 0 aromatic heterocycles. The van der Waals surface area contributed by atoms with Crippen molar-refractivity contribution in [3.05, 3.63) is 47.5 Å². The summed E-state index contributed by atoms with van der Waals surface area (Å²) in [5.74, 6) is -1.27. The molecule has 1 aliphatic heterocycles. The van der Waals surface area contributed by atoms with Gasteiger partial charge in [-0.05, 0) is 25.3 Å². The van der Waals surface area contributed by atoms with Crippen molar-refractivity contribution in [2.75, 3.05) is 19.8 Å². The van der Waals surface area contributed by atoms with Gasteiger partial charge in [0.1, 0.15) is 0 Å². The van der Waals surface area contributed by atoms with Gasteiger partial charge in [-0.1, -0.05) is 35.9 Å². The average molecular weight is 303 g/mol. The number of carbonyl (C=O) groups excluding carboxylic acids is 1. The molecule has 1 N–H and O–H groups in total. The Morgan fingerprint density at radius 3 is 2.77 bits per heavy atom. The number of carbonyl (C=O) groups is 2. The Hall–Kier alpha value is -2.14. The Morgan fingerprint density at radius 1 is 1.36 bits per heavy atom. The van der Waals surface area contributed by atoms with Crippen LogP contribution in [-0.2, 0) is 20.7 Å². The van der Waals surface area contributed by atoms with Crippen LogP contribution in [0.2, 0.25) is 0 Å². The Labute approximate surface area is 130 Å². The zero-order valence-corrected chi connectivity index (χ0v) is 12.7. The lowest BCUT2D eigenvalue weighted by Gasteiger charge is -2.32. The van der Waals surface area contributed by atoms with Crippen molar-refractivity contribution < 1.29 is 19.4 Å². The smallest absolute Gasteiger partial charge is 0.328 e. The van der Waals surface area contributed by atoms with E-state index in [1.807, 2.05) is 25.1 Å². The highest BCUT2D eigenvalue weighted by Crippen LogP contribution is 2.12. The van der Waals surface area contributed by atoms with Crippen molar-refractivity contribution >= 4 is 11.9 Å². The summed E-state index contributed by atoms with van der Waals surface area (Å²) in [6.07, 6.45) is 3.18. The number of carboxylic acid groups (broad SMARTS) is 1. The first-order chi connectivity index (χ1) is 10.6. The Kier molecular flexibility index (Phi) is 5.72. The zero-order valence-electron chi connectivity index (χ0n) is 12.7. The van der Waals surface area contributed by atoms with Crippen LogP contribution in [0, 0.1) is 0 Å². The Morgan fingerprint density at radius 2 is 2.09 bits per heavy atom. The van der Waals surface area contributed by atoms with E-state index in [1.165, 1.54) is 10.5 Å². The number of nitrogens with zero attached hydrogens (tertiary/aromatic N) is 1. The summed E-state index contributed by atoms with van der Waals surface area (Å²) in [4.78, 5) is 24.8. The molecule has 1 atom stereocenters. The largest absolute Gasteiger partial charge is 0.480 e. The molecule has 22 heavy (non-hydrogen) atoms. The fourth-order valence-electron chi connectivity index (χ4n) is 2.42. The van der Waals surface area contributed by atoms with Gasteiger partial charge in [-0.3, -0.25) is 4.79 Å². The Balaban J connectivity index is 1.94. The van der Waals surface area contributed by atoms with E-state index >= 15 is 0 Å². The van der Waals surface area contributed by atoms with Gasteiger partial charge in [-0.25, -0.2) is 4.79 Å². The third-order valence-corrected chi connectivity index (χ3v) is 3.72. The maximum atomic E-state index is 12.3. The van der Waals surface area contributed by atoms with Gasteiger partial charge in [0.15, 0.2) is 6.04 Å². The second-order valence-corrected chi connectivity index (χ2v) is 5.44. The monoisotopic (exact) mass is 303 g/mol. The maximum Gasteiger partial charge on any atom is 0.328 e. The molecule has 0 aliphatic carbocycles. The molecule has 2 rings (SSSR count). The molecular weight excluding hydrogens is 282 g/mol. The van der Waals surface area contributed by atoms with E-state index in [1.54, 1.807) is 6.08 Å². The SMILES string of the molecule is C/C(=C/C(=O)N1CCOCC1C(=O)O)CCc1ccccc1. The summed E-state index contributed by atoms with van der Waals surface area (Å²) in [5.41, 5.74) is 2.17. The van der Waals surface area contributed by atoms with E-state index in [-0.39, 0.29) is 12.5 Å². The van der Waals surface area contributed by atoms with Gasteiger partial charge >= 0.3 is 5.97 Å². The number of ether oxygens (including phenoxy) is 1. The minimum Gasteiger partial charge on any atom is -0.480 e. The molecule has 0 radical (unpaired) electrons. The molecule has 1 fully saturated rings. The lowest BCUT2D eigenvalue weighted by Crippen LogP contribution is -2.52. The summed E-state index contributed by atoms with van der Waals surface area (Å²) < 4.78 is 5.14. The number of aliphatic carboxylic acids is 1. The van der Waals surface area contributed by atoms with Crippen LogP contribution in [0.25, 0.3) is 0 Å². The predicted molar refractivity (Wildman–Crippen MR) is 82.5 cm³/mol. The molecule has 1 heterocycles. The normalized spacial score (nSPS) is 19.0. The summed E-state index contributed by atoms with van der Waals surface area (Å²) in [6, 6.07) is 9.17. The second-order valence-electron chi connectivity index (χ2n) is 5.44. The molecule has 1 amide bonds. The van der Waals surface area contributed by atoms with Gasteiger partial charge in [-0.2, -0.15) is 0 Å². The number of hydrogen-bond donors (Lipinski definition) is 1. The molecule has 0 saturated carbocycles. The van der Waals surface area contributed by atoms with Gasteiger partial charge in [0.25, 0.3) is 0 Å². The standard InChI is InChI=1S/C17H21NO4/c1-13(7-8-14-5-3-2-4-6-14)11-16(19)18-9-10-22-12-15(18)17(20)21/h2-6,11,15H,7-10,12H2,1H3,(H,20,21)/b13-11-. The van der Waals surface area contributed by atoms with Crippen LogP contribution in [0.15, 0.2) is 42.0 Å². The topological polar surface area (TPSA) is 66.8 Å². The van der Waals surface area contributed by atoms with Crippen LogP contribution in [0.3, 0.4) is 0 Å². The number of amides is 1. The van der Waals surface area contributed by atoms with Crippen molar-refractivity contribution in [3.63, 3.8) is 0 Å². The van der Waals surface area contributed by atoms with E-state index in [9.17, 15) is 9.59 Å². The first-order valence-electron chi connectivity index (χ1n) is 7.40. The molecule has 0 bridgehead atoms. The van der Waals surface area contributed by atoms with Gasteiger partial charge in [0.05, 0.1) is 13.2 Å². The predicted octanol–water partition coefficient (Wildman–Crippen LogP) is 1.88. The first-order valence-corrected chi connectivity index (χ1v) is 7.40. The number of hydrogen-bond acceptors (Lipinski definition) is 3. The van der Waals surface area contributed by atoms with Crippen molar-refractivity contribution in [1.82, 2.24) is 4.90 Å². The van der Waals surface area contributed by atoms with Crippen molar-refractivity contribution in [2.24, 2.45) is 0 Å². The molecule has 118 valence electrons. The van der Waals surface area contributed by atoms with Crippen LogP contribution < -0.4 is 0 Å². The van der Waals surface area contributed by atoms with Gasteiger partial charge in [-0.15, -0.1) is 0 Å². The summed E-state index contributed by atoms with van der Waals surface area (Å²) in [7, 11) is 0. The lowest BCUT2D eigenvalue weighted by atomic mass is 10.1. The average Bonchev–Trinajstić information content (AvgIpc) is 2.54. The zero-order chi connectivity index (χ0) is 15.9. The van der Waals surface area contributed by atoms with Gasteiger partial charge in [0.2, 0.25) is 5.91 Å². The van der Waals surface area contributed by atoms with Gasteiger partial charge in [0, 0.05) is 12.6 Å². The van der Waals surface area contributed by atoms with Crippen LogP contribution in [0.5, 0.6) is 0 Å². The van der Waals surface area contributed by atoms with Crippen LogP contribution in [-0.4, -0.2) is 47.7 Å². The van der Waals surface area contributed by atoms with Gasteiger partial charge < -0.3 is 14.7 Å². The number of morpholine rings is 1. The molecule has 1 aromatic carbocycles. The minimum absolute atomic E-state index is 0.0535. The van der Waals surface area contributed by atoms with E-state index in [2.05, 4.69) is 12.1 Å². The first kappa shape index (κ1) is 16.2. The van der Waals surface area contributed by atoms with Crippen molar-refractivity contribution in [1.29, 1.82) is 0 Å². The fraction of sp³-hybridized carbons (Fsp3) is 0.412. The number of aryl methyl sites for hydroxylation is 1. The molecular formula is C17H21NO4. The fourth-order valence-corrected chi connectivity index (χ4v) is 2.42. The quantitative estimate of drug-likeness (QED) is 0.843. The second kappa shape index (κ2) is 7.75. The van der Waals surface area contributed by atoms with Crippen molar-refractivity contribution in [3.8, 4) is 0 Å². The van der Waals surface area contributed by atoms with E-state index in [0.717, 1.165) is 18.4 Å². The maximum absolute atomic E-state index is 12.3. The van der Waals surface area contributed by atoms with E-state index in [0.29, 0.717) is 13.2 Å². The highest BCUT2D eigenvalue weighted by Gasteiger charge is 2.31. The minimum atomic E-state index is -1.02. The number of allylic oxidation sites excluding steroid dienone is 1. The number of rotatable bonds is 5.